The summed E-state index contributed by atoms with van der Waals surface area (Å²) in [6, 6.07) is 0. The van der Waals surface area contributed by atoms with Crippen molar-refractivity contribution in [1.82, 2.24) is 12.3 Å². The van der Waals surface area contributed by atoms with Gasteiger partial charge in [-0.3, -0.25) is 0 Å². The molecule has 1 unspecified atom stereocenters. The molecule has 0 heterocycles. The van der Waals surface area contributed by atoms with Gasteiger partial charge in [0, 0.05) is 6.08 Å². The van der Waals surface area contributed by atoms with Crippen LogP contribution in [0.1, 0.15) is 40.0 Å². The zero-order valence-corrected chi connectivity index (χ0v) is 13.7. The van der Waals surface area contributed by atoms with E-state index in [1.54, 1.807) is 19.9 Å². The Balaban J connectivity index is -0.000000427. The molecule has 0 saturated heterocycles. The van der Waals surface area contributed by atoms with Crippen molar-refractivity contribution in [2.24, 2.45) is 0 Å². The van der Waals surface area contributed by atoms with Crippen molar-refractivity contribution in [3.8, 4) is 0 Å². The Kier molecular flexibility index (Phi) is 16.1. The van der Waals surface area contributed by atoms with Gasteiger partial charge in [0.2, 0.25) is 0 Å². The van der Waals surface area contributed by atoms with Crippen LogP contribution in [0.25, 0.3) is 0 Å². The highest BCUT2D eigenvalue weighted by atomic mass is 32.2. The molecule has 0 radical (unpaired) electrons. The molecule has 0 aromatic carbocycles. The second-order valence-electron chi connectivity index (χ2n) is 4.03. The standard InChI is InChI=1S/C11H20O5S.2H3N.H2O/c1-4-7-10(12)16-9-6-8-11(3,5-2)17(13,14)15;;;/h4,7H,5-6,8-9H2,1-3H3,(H,13,14,15);2*1H3;1H2. The highest BCUT2D eigenvalue weighted by Crippen LogP contribution is 2.25. The zero-order valence-electron chi connectivity index (χ0n) is 12.9. The quantitative estimate of drug-likeness (QED) is 0.313. The van der Waals surface area contributed by atoms with Crippen molar-refractivity contribution in [3.05, 3.63) is 12.2 Å². The molecule has 0 aliphatic heterocycles. The molecule has 0 fully saturated rings. The number of hydrogen-bond acceptors (Lipinski definition) is 6. The van der Waals surface area contributed by atoms with Gasteiger partial charge in [0.1, 0.15) is 10.1 Å². The van der Waals surface area contributed by atoms with Crippen LogP contribution in [0.2, 0.25) is 0 Å². The third kappa shape index (κ3) is 8.99. The molecular formula is C11H28N2O6S. The molecule has 0 aliphatic carbocycles. The van der Waals surface area contributed by atoms with Crippen LogP contribution in [0.15, 0.2) is 12.2 Å². The first-order chi connectivity index (χ1) is 7.77. The van der Waals surface area contributed by atoms with Crippen LogP contribution in [0.3, 0.4) is 0 Å². The van der Waals surface area contributed by atoms with Crippen LogP contribution < -0.4 is 12.3 Å². The Bertz CT molecular complexity index is 382. The van der Waals surface area contributed by atoms with Gasteiger partial charge in [-0.15, -0.1) is 0 Å². The van der Waals surface area contributed by atoms with Crippen molar-refractivity contribution in [3.63, 3.8) is 0 Å². The van der Waals surface area contributed by atoms with Crippen LogP contribution in [0.5, 0.6) is 0 Å². The number of ether oxygens (including phenoxy) is 1. The van der Waals surface area contributed by atoms with Crippen molar-refractivity contribution in [1.29, 1.82) is 0 Å². The lowest BCUT2D eigenvalue weighted by Crippen LogP contribution is -2.34. The topological polar surface area (TPSA) is 186 Å². The predicted molar refractivity (Wildman–Crippen MR) is 77.3 cm³/mol. The first-order valence-corrected chi connectivity index (χ1v) is 6.92. The summed E-state index contributed by atoms with van der Waals surface area (Å²) in [6.07, 6.45) is 3.64. The minimum absolute atomic E-state index is 0. The Labute approximate surface area is 120 Å². The second-order valence-corrected chi connectivity index (χ2v) is 5.92. The van der Waals surface area contributed by atoms with E-state index in [0.29, 0.717) is 6.42 Å². The summed E-state index contributed by atoms with van der Waals surface area (Å²) in [4.78, 5) is 10.9. The maximum atomic E-state index is 11.0. The Morgan fingerprint density at radius 1 is 1.35 bits per heavy atom. The molecule has 0 amide bonds. The first kappa shape index (κ1) is 27.4. The molecule has 0 saturated carbocycles. The van der Waals surface area contributed by atoms with Gasteiger partial charge in [0.15, 0.2) is 0 Å². The summed E-state index contributed by atoms with van der Waals surface area (Å²) in [5.41, 5.74) is 0. The molecule has 0 rings (SSSR count). The summed E-state index contributed by atoms with van der Waals surface area (Å²) < 4.78 is 36.7. The molecule has 124 valence electrons. The number of carbonyl (C=O) groups is 1. The molecule has 8 nitrogen and oxygen atoms in total. The van der Waals surface area contributed by atoms with Gasteiger partial charge in [-0.1, -0.05) is 13.0 Å². The SMILES string of the molecule is CC=CC(=O)OCCCC(C)(CC)S(=O)(=O)[O-].[NH4+].[NH4+].[OH-]. The van der Waals surface area contributed by atoms with Crippen LogP contribution in [0, 0.1) is 0 Å². The van der Waals surface area contributed by atoms with Crippen LogP contribution >= 0.6 is 0 Å². The van der Waals surface area contributed by atoms with Crippen molar-refractivity contribution >= 4 is 16.1 Å². The van der Waals surface area contributed by atoms with E-state index in [1.165, 1.54) is 13.0 Å². The van der Waals surface area contributed by atoms with Gasteiger partial charge in [-0.05, 0) is 33.1 Å². The maximum absolute atomic E-state index is 11.0. The van der Waals surface area contributed by atoms with Crippen molar-refractivity contribution in [2.45, 2.75) is 44.8 Å². The predicted octanol–water partition coefficient (Wildman–Crippen LogP) is 2.18. The molecule has 0 spiro atoms. The van der Waals surface area contributed by atoms with E-state index in [-0.39, 0.29) is 37.2 Å². The number of esters is 1. The van der Waals surface area contributed by atoms with E-state index in [0.717, 1.165) is 0 Å². The fourth-order valence-electron chi connectivity index (χ4n) is 1.28. The van der Waals surface area contributed by atoms with Gasteiger partial charge < -0.3 is 27.1 Å². The molecule has 0 bridgehead atoms. The molecule has 9 N–H and O–H groups in total. The highest BCUT2D eigenvalue weighted by molar-refractivity contribution is 7.87. The summed E-state index contributed by atoms with van der Waals surface area (Å²) in [6.45, 7) is 4.89. The van der Waals surface area contributed by atoms with Gasteiger partial charge in [-0.2, -0.15) is 0 Å². The van der Waals surface area contributed by atoms with Crippen LogP contribution in [-0.4, -0.2) is 35.8 Å². The minimum atomic E-state index is -4.33. The van der Waals surface area contributed by atoms with Gasteiger partial charge in [0.05, 0.1) is 11.4 Å². The number of rotatable bonds is 7. The van der Waals surface area contributed by atoms with Gasteiger partial charge in [-0.25, -0.2) is 13.2 Å². The lowest BCUT2D eigenvalue weighted by Gasteiger charge is -2.31. The number of quaternary nitrogens is 2. The Morgan fingerprint density at radius 2 is 1.85 bits per heavy atom. The summed E-state index contributed by atoms with van der Waals surface area (Å²) >= 11 is 0. The van der Waals surface area contributed by atoms with E-state index in [1.807, 2.05) is 0 Å². The average Bonchev–Trinajstić information content (AvgIpc) is 2.23. The lowest BCUT2D eigenvalue weighted by molar-refractivity contribution is -0.137. The third-order valence-electron chi connectivity index (χ3n) is 2.75. The van der Waals surface area contributed by atoms with Crippen molar-refractivity contribution in [2.75, 3.05) is 6.61 Å². The van der Waals surface area contributed by atoms with E-state index < -0.39 is 20.8 Å². The Hall–Kier alpha value is -1.00. The fourth-order valence-corrected chi connectivity index (χ4v) is 2.03. The maximum Gasteiger partial charge on any atom is 0.330 e. The molecule has 0 aliphatic rings. The summed E-state index contributed by atoms with van der Waals surface area (Å²) in [7, 11) is -4.33. The lowest BCUT2D eigenvalue weighted by atomic mass is 10.0. The third-order valence-corrected chi connectivity index (χ3v) is 4.45. The first-order valence-electron chi connectivity index (χ1n) is 5.51. The molecular weight excluding hydrogens is 288 g/mol. The summed E-state index contributed by atoms with van der Waals surface area (Å²) in [5, 5.41) is 0. The van der Waals surface area contributed by atoms with E-state index >= 15 is 0 Å². The number of carbonyl (C=O) groups excluding carboxylic acids is 1. The van der Waals surface area contributed by atoms with Gasteiger partial charge in [0.25, 0.3) is 0 Å². The number of allylic oxidation sites excluding steroid dienone is 1. The van der Waals surface area contributed by atoms with Crippen LogP contribution in [-0.2, 0) is 19.6 Å². The largest absolute Gasteiger partial charge is 0.870 e. The average molecular weight is 316 g/mol. The normalized spacial score (nSPS) is 13.4. The molecule has 0 aromatic rings. The summed E-state index contributed by atoms with van der Waals surface area (Å²) in [5.74, 6) is -0.462. The van der Waals surface area contributed by atoms with Gasteiger partial charge >= 0.3 is 5.97 Å². The monoisotopic (exact) mass is 316 g/mol. The van der Waals surface area contributed by atoms with Crippen molar-refractivity contribution < 1.29 is 28.0 Å². The van der Waals surface area contributed by atoms with Crippen LogP contribution in [0.4, 0.5) is 0 Å². The minimum Gasteiger partial charge on any atom is -0.870 e. The molecule has 9 heteroatoms. The highest BCUT2D eigenvalue weighted by Gasteiger charge is 2.29. The molecule has 0 aromatic heterocycles. The smallest absolute Gasteiger partial charge is 0.330 e. The second kappa shape index (κ2) is 11.8. The molecule has 1 atom stereocenters. The Morgan fingerprint density at radius 3 is 2.20 bits per heavy atom. The number of hydrogen-bond donors (Lipinski definition) is 2. The van der Waals surface area contributed by atoms with E-state index in [2.05, 4.69) is 0 Å². The zero-order chi connectivity index (χ0) is 13.5. The fraction of sp³-hybridized carbons (Fsp3) is 0.727. The van der Waals surface area contributed by atoms with E-state index in [4.69, 9.17) is 4.74 Å². The van der Waals surface area contributed by atoms with E-state index in [9.17, 15) is 17.8 Å². The molecule has 20 heavy (non-hydrogen) atoms.